The van der Waals surface area contributed by atoms with Crippen molar-refractivity contribution < 1.29 is 9.59 Å². The second-order valence-corrected chi connectivity index (χ2v) is 5.53. The summed E-state index contributed by atoms with van der Waals surface area (Å²) in [5.74, 6) is -0.240. The first-order valence-electron chi connectivity index (χ1n) is 6.33. The van der Waals surface area contributed by atoms with E-state index in [0.717, 1.165) is 0 Å². The molecule has 2 amide bonds. The molecule has 0 unspecified atom stereocenters. The number of halogens is 2. The van der Waals surface area contributed by atoms with Gasteiger partial charge >= 0.3 is 0 Å². The molecule has 110 valence electrons. The monoisotopic (exact) mass is 316 g/mol. The maximum absolute atomic E-state index is 11.7. The van der Waals surface area contributed by atoms with Crippen molar-refractivity contribution in [1.29, 1.82) is 0 Å². The molecule has 1 aromatic rings. The van der Waals surface area contributed by atoms with E-state index in [1.54, 1.807) is 23.1 Å². The summed E-state index contributed by atoms with van der Waals surface area (Å²) in [5.41, 5.74) is 0.658. The third kappa shape index (κ3) is 4.69. The largest absolute Gasteiger partial charge is 0.354 e. The third-order valence-corrected chi connectivity index (χ3v) is 3.49. The highest BCUT2D eigenvalue weighted by Crippen LogP contribution is 2.27. The van der Waals surface area contributed by atoms with Crippen molar-refractivity contribution in [3.05, 3.63) is 28.2 Å². The normalized spacial score (nSPS) is 10.5. The minimum atomic E-state index is -0.123. The van der Waals surface area contributed by atoms with Crippen molar-refractivity contribution >= 4 is 40.7 Å². The van der Waals surface area contributed by atoms with Crippen LogP contribution in [0.5, 0.6) is 0 Å². The lowest BCUT2D eigenvalue weighted by Gasteiger charge is -2.22. The first-order valence-corrected chi connectivity index (χ1v) is 7.09. The van der Waals surface area contributed by atoms with Crippen molar-refractivity contribution in [2.24, 2.45) is 5.92 Å². The van der Waals surface area contributed by atoms with Gasteiger partial charge in [0.25, 0.3) is 0 Å². The van der Waals surface area contributed by atoms with Gasteiger partial charge in [-0.05, 0) is 18.2 Å². The Balaban J connectivity index is 2.72. The Morgan fingerprint density at radius 1 is 1.25 bits per heavy atom. The fraction of sp³-hybridized carbons (Fsp3) is 0.429. The Morgan fingerprint density at radius 2 is 1.90 bits per heavy atom. The topological polar surface area (TPSA) is 49.4 Å². The Bertz CT molecular complexity index is 504. The van der Waals surface area contributed by atoms with Crippen molar-refractivity contribution in [2.45, 2.75) is 20.8 Å². The summed E-state index contributed by atoms with van der Waals surface area (Å²) >= 11 is 11.8. The molecule has 1 rings (SSSR count). The van der Waals surface area contributed by atoms with Gasteiger partial charge in [-0.3, -0.25) is 9.59 Å². The lowest BCUT2D eigenvalue weighted by Crippen LogP contribution is -2.38. The number of carbonyl (C=O) groups excluding carboxylic acids is 2. The van der Waals surface area contributed by atoms with E-state index in [2.05, 4.69) is 5.32 Å². The molecule has 0 aliphatic heterocycles. The molecular formula is C14H18Cl2N2O2. The molecule has 0 saturated heterocycles. The first kappa shape index (κ1) is 16.8. The smallest absolute Gasteiger partial charge is 0.223 e. The van der Waals surface area contributed by atoms with Crippen LogP contribution >= 0.6 is 23.2 Å². The standard InChI is InChI=1S/C14H18Cl2N2O2/c1-9(2)14(20)17-6-7-18(10(3)19)11-4-5-12(15)13(16)8-11/h4-5,8-9H,6-7H2,1-3H3,(H,17,20). The molecule has 0 atom stereocenters. The zero-order chi connectivity index (χ0) is 15.3. The molecule has 0 radical (unpaired) electrons. The van der Waals surface area contributed by atoms with Gasteiger partial charge in [0.1, 0.15) is 0 Å². The minimum Gasteiger partial charge on any atom is -0.354 e. The van der Waals surface area contributed by atoms with Crippen molar-refractivity contribution in [2.75, 3.05) is 18.0 Å². The lowest BCUT2D eigenvalue weighted by atomic mass is 10.2. The van der Waals surface area contributed by atoms with E-state index >= 15 is 0 Å². The Labute approximate surface area is 129 Å². The van der Waals surface area contributed by atoms with Crippen LogP contribution in [-0.4, -0.2) is 24.9 Å². The number of hydrogen-bond acceptors (Lipinski definition) is 2. The highest BCUT2D eigenvalue weighted by atomic mass is 35.5. The SMILES string of the molecule is CC(=O)N(CCNC(=O)C(C)C)c1ccc(Cl)c(Cl)c1. The second-order valence-electron chi connectivity index (χ2n) is 4.71. The average Bonchev–Trinajstić information content (AvgIpc) is 2.37. The number of rotatable bonds is 5. The quantitative estimate of drug-likeness (QED) is 0.907. The molecule has 0 aliphatic carbocycles. The summed E-state index contributed by atoms with van der Waals surface area (Å²) in [5, 5.41) is 3.60. The number of carbonyl (C=O) groups is 2. The Hall–Kier alpha value is -1.26. The molecule has 0 heterocycles. The maximum Gasteiger partial charge on any atom is 0.223 e. The van der Waals surface area contributed by atoms with E-state index in [9.17, 15) is 9.59 Å². The van der Waals surface area contributed by atoms with Gasteiger partial charge in [0.05, 0.1) is 10.0 Å². The maximum atomic E-state index is 11.7. The summed E-state index contributed by atoms with van der Waals surface area (Å²) in [7, 11) is 0. The van der Waals surface area contributed by atoms with Gasteiger partial charge in [-0.2, -0.15) is 0 Å². The lowest BCUT2D eigenvalue weighted by molar-refractivity contribution is -0.124. The van der Waals surface area contributed by atoms with Gasteiger partial charge in [-0.1, -0.05) is 37.0 Å². The highest BCUT2D eigenvalue weighted by molar-refractivity contribution is 6.42. The second kappa shape index (κ2) is 7.50. The van der Waals surface area contributed by atoms with E-state index in [1.807, 2.05) is 13.8 Å². The zero-order valence-corrected chi connectivity index (χ0v) is 13.3. The molecule has 6 heteroatoms. The minimum absolute atomic E-state index is 0.0392. The van der Waals surface area contributed by atoms with Crippen LogP contribution in [0.25, 0.3) is 0 Å². The van der Waals surface area contributed by atoms with Gasteiger partial charge in [0.2, 0.25) is 11.8 Å². The van der Waals surface area contributed by atoms with Crippen LogP contribution in [0.1, 0.15) is 20.8 Å². The van der Waals surface area contributed by atoms with Crippen LogP contribution in [0.4, 0.5) is 5.69 Å². The number of anilines is 1. The summed E-state index contributed by atoms with van der Waals surface area (Å²) in [6.45, 7) is 5.86. The van der Waals surface area contributed by atoms with Crippen LogP contribution in [0.3, 0.4) is 0 Å². The fourth-order valence-electron chi connectivity index (χ4n) is 1.62. The molecule has 1 N–H and O–H groups in total. The molecule has 0 bridgehead atoms. The van der Waals surface area contributed by atoms with Gasteiger partial charge < -0.3 is 10.2 Å². The van der Waals surface area contributed by atoms with Crippen LogP contribution in [0.2, 0.25) is 10.0 Å². The Morgan fingerprint density at radius 3 is 2.40 bits per heavy atom. The van der Waals surface area contributed by atoms with Crippen molar-refractivity contribution in [3.63, 3.8) is 0 Å². The predicted molar refractivity (Wildman–Crippen MR) is 82.3 cm³/mol. The molecule has 0 fully saturated rings. The number of hydrogen-bond donors (Lipinski definition) is 1. The van der Waals surface area contributed by atoms with Gasteiger partial charge in [-0.15, -0.1) is 0 Å². The molecule has 4 nitrogen and oxygen atoms in total. The van der Waals surface area contributed by atoms with Gasteiger partial charge in [0.15, 0.2) is 0 Å². The molecule has 0 aliphatic rings. The van der Waals surface area contributed by atoms with Crippen LogP contribution in [0, 0.1) is 5.92 Å². The molecule has 20 heavy (non-hydrogen) atoms. The summed E-state index contributed by atoms with van der Waals surface area (Å²) < 4.78 is 0. The number of nitrogens with zero attached hydrogens (tertiary/aromatic N) is 1. The highest BCUT2D eigenvalue weighted by Gasteiger charge is 2.13. The number of benzene rings is 1. The van der Waals surface area contributed by atoms with Crippen LogP contribution in [0.15, 0.2) is 18.2 Å². The summed E-state index contributed by atoms with van der Waals surface area (Å²) in [6, 6.07) is 5.00. The van der Waals surface area contributed by atoms with E-state index in [-0.39, 0.29) is 17.7 Å². The van der Waals surface area contributed by atoms with E-state index in [0.29, 0.717) is 28.8 Å². The van der Waals surface area contributed by atoms with Crippen LogP contribution < -0.4 is 10.2 Å². The van der Waals surface area contributed by atoms with Crippen molar-refractivity contribution in [3.8, 4) is 0 Å². The van der Waals surface area contributed by atoms with Crippen LogP contribution in [-0.2, 0) is 9.59 Å². The fourth-order valence-corrected chi connectivity index (χ4v) is 1.91. The van der Waals surface area contributed by atoms with E-state index in [4.69, 9.17) is 23.2 Å². The van der Waals surface area contributed by atoms with E-state index in [1.165, 1.54) is 6.92 Å². The molecule has 0 spiro atoms. The molecule has 0 saturated carbocycles. The predicted octanol–water partition coefficient (Wildman–Crippen LogP) is 3.12. The first-order chi connectivity index (χ1) is 9.32. The van der Waals surface area contributed by atoms with Crippen molar-refractivity contribution in [1.82, 2.24) is 5.32 Å². The summed E-state index contributed by atoms with van der Waals surface area (Å²) in [6.07, 6.45) is 0. The van der Waals surface area contributed by atoms with E-state index < -0.39 is 0 Å². The van der Waals surface area contributed by atoms with Gasteiger partial charge in [0, 0.05) is 31.6 Å². The average molecular weight is 317 g/mol. The third-order valence-electron chi connectivity index (χ3n) is 2.75. The summed E-state index contributed by atoms with van der Waals surface area (Å²) in [4.78, 5) is 24.7. The molecule has 1 aromatic carbocycles. The number of nitrogens with one attached hydrogen (secondary N) is 1. The Kier molecular flexibility index (Phi) is 6.30. The molecule has 0 aromatic heterocycles. The zero-order valence-electron chi connectivity index (χ0n) is 11.7. The van der Waals surface area contributed by atoms with Gasteiger partial charge in [-0.25, -0.2) is 0 Å². The molecular weight excluding hydrogens is 299 g/mol. The number of amides is 2.